The molecule has 0 radical (unpaired) electrons. The lowest BCUT2D eigenvalue weighted by Gasteiger charge is -2.29. The summed E-state index contributed by atoms with van der Waals surface area (Å²) in [6.07, 6.45) is -0.142. The van der Waals surface area contributed by atoms with Crippen LogP contribution in [0.5, 0.6) is 5.75 Å². The van der Waals surface area contributed by atoms with Gasteiger partial charge in [0.05, 0.1) is 29.0 Å². The van der Waals surface area contributed by atoms with E-state index in [1.54, 1.807) is 49.6 Å². The molecule has 2 aromatic heterocycles. The van der Waals surface area contributed by atoms with Crippen molar-refractivity contribution in [3.63, 3.8) is 0 Å². The van der Waals surface area contributed by atoms with Crippen LogP contribution in [0, 0.1) is 0 Å². The molecule has 182 valence electrons. The Balaban J connectivity index is 1.63. The van der Waals surface area contributed by atoms with E-state index in [0.717, 1.165) is 16.5 Å². The van der Waals surface area contributed by atoms with Crippen LogP contribution in [0.25, 0.3) is 22.3 Å². The maximum absolute atomic E-state index is 13.3. The SMILES string of the molecule is CCc1c2c(nc3ccc(OC(=O)OC(C)(C)C)cc13)-c1cc3c(c(=O)n1C2)COC(=O)[C@@]3(C)O. The number of hydrogen-bond acceptors (Lipinski definition) is 8. The molecule has 9 nitrogen and oxygen atoms in total. The van der Waals surface area contributed by atoms with Gasteiger partial charge in [0.1, 0.15) is 18.0 Å². The molecule has 0 amide bonds. The second-order valence-corrected chi connectivity index (χ2v) is 9.98. The predicted molar refractivity (Wildman–Crippen MR) is 126 cm³/mol. The average Bonchev–Trinajstić information content (AvgIpc) is 3.12. The summed E-state index contributed by atoms with van der Waals surface area (Å²) in [6.45, 7) is 8.74. The van der Waals surface area contributed by atoms with Crippen LogP contribution in [0.4, 0.5) is 4.79 Å². The van der Waals surface area contributed by atoms with E-state index in [2.05, 4.69) is 0 Å². The highest BCUT2D eigenvalue weighted by Gasteiger charge is 2.43. The number of esters is 1. The minimum Gasteiger partial charge on any atom is -0.458 e. The van der Waals surface area contributed by atoms with Gasteiger partial charge >= 0.3 is 12.1 Å². The molecule has 0 aliphatic carbocycles. The summed E-state index contributed by atoms with van der Waals surface area (Å²) < 4.78 is 17.3. The lowest BCUT2D eigenvalue weighted by atomic mass is 9.89. The highest BCUT2D eigenvalue weighted by atomic mass is 16.7. The fourth-order valence-electron chi connectivity index (χ4n) is 4.73. The Morgan fingerprint density at radius 1 is 1.23 bits per heavy atom. The van der Waals surface area contributed by atoms with Crippen LogP contribution in [-0.4, -0.2) is 32.4 Å². The van der Waals surface area contributed by atoms with Gasteiger partial charge in [-0.1, -0.05) is 6.92 Å². The number of cyclic esters (lactones) is 1. The molecule has 2 aliphatic heterocycles. The van der Waals surface area contributed by atoms with Crippen molar-refractivity contribution in [3.05, 3.63) is 56.9 Å². The van der Waals surface area contributed by atoms with Crippen LogP contribution in [0.1, 0.15) is 56.9 Å². The van der Waals surface area contributed by atoms with Crippen LogP contribution >= 0.6 is 0 Å². The molecule has 0 bridgehead atoms. The number of pyridine rings is 2. The minimum atomic E-state index is -1.91. The number of rotatable bonds is 2. The first-order valence-corrected chi connectivity index (χ1v) is 11.4. The number of carbonyl (C=O) groups excluding carboxylic acids is 2. The summed E-state index contributed by atoms with van der Waals surface area (Å²) in [6, 6.07) is 6.81. The lowest BCUT2D eigenvalue weighted by molar-refractivity contribution is -0.169. The summed E-state index contributed by atoms with van der Waals surface area (Å²) in [7, 11) is 0. The summed E-state index contributed by atoms with van der Waals surface area (Å²) in [5.41, 5.74) is 1.30. The smallest absolute Gasteiger partial charge is 0.458 e. The van der Waals surface area contributed by atoms with E-state index in [0.29, 0.717) is 35.6 Å². The molecule has 3 aromatic rings. The molecule has 4 heterocycles. The Morgan fingerprint density at radius 2 is 1.97 bits per heavy atom. The Labute approximate surface area is 201 Å². The molecular formula is C26H26N2O7. The number of aromatic nitrogens is 2. The normalized spacial score (nSPS) is 18.5. The highest BCUT2D eigenvalue weighted by Crippen LogP contribution is 2.39. The molecule has 9 heteroatoms. The van der Waals surface area contributed by atoms with E-state index in [1.165, 1.54) is 6.92 Å². The predicted octanol–water partition coefficient (Wildman–Crippen LogP) is 3.57. The van der Waals surface area contributed by atoms with Gasteiger partial charge in [0, 0.05) is 16.5 Å². The van der Waals surface area contributed by atoms with Crippen LogP contribution in [0.3, 0.4) is 0 Å². The van der Waals surface area contributed by atoms with Crippen molar-refractivity contribution in [3.8, 4) is 17.1 Å². The van der Waals surface area contributed by atoms with E-state index >= 15 is 0 Å². The molecule has 35 heavy (non-hydrogen) atoms. The molecule has 0 unspecified atom stereocenters. The summed E-state index contributed by atoms with van der Waals surface area (Å²) in [5, 5.41) is 11.6. The number of ether oxygens (including phenoxy) is 3. The number of aryl methyl sites for hydroxylation is 1. The van der Waals surface area contributed by atoms with Gasteiger partial charge in [0.25, 0.3) is 5.56 Å². The summed E-state index contributed by atoms with van der Waals surface area (Å²) >= 11 is 0. The Morgan fingerprint density at radius 3 is 2.66 bits per heavy atom. The van der Waals surface area contributed by atoms with Crippen molar-refractivity contribution < 1.29 is 28.9 Å². The van der Waals surface area contributed by atoms with Crippen LogP contribution in [0.15, 0.2) is 29.1 Å². The first-order valence-electron chi connectivity index (χ1n) is 11.4. The molecule has 1 aromatic carbocycles. The topological polar surface area (TPSA) is 117 Å². The van der Waals surface area contributed by atoms with Gasteiger partial charge in [0.2, 0.25) is 0 Å². The quantitative estimate of drug-likeness (QED) is 0.343. The van der Waals surface area contributed by atoms with E-state index in [9.17, 15) is 19.5 Å². The van der Waals surface area contributed by atoms with Gasteiger partial charge < -0.3 is 23.9 Å². The van der Waals surface area contributed by atoms with Gasteiger partial charge in [-0.25, -0.2) is 14.6 Å². The van der Waals surface area contributed by atoms with Crippen molar-refractivity contribution in [1.29, 1.82) is 0 Å². The van der Waals surface area contributed by atoms with Gasteiger partial charge in [-0.3, -0.25) is 4.79 Å². The van der Waals surface area contributed by atoms with Crippen molar-refractivity contribution in [2.45, 2.75) is 65.4 Å². The molecule has 0 fully saturated rings. The summed E-state index contributed by atoms with van der Waals surface area (Å²) in [4.78, 5) is 42.4. The zero-order chi connectivity index (χ0) is 25.3. The van der Waals surface area contributed by atoms with Crippen LogP contribution in [-0.2, 0) is 39.4 Å². The van der Waals surface area contributed by atoms with Crippen molar-refractivity contribution in [2.24, 2.45) is 0 Å². The fourth-order valence-corrected chi connectivity index (χ4v) is 4.73. The number of benzene rings is 1. The first-order chi connectivity index (χ1) is 16.4. The van der Waals surface area contributed by atoms with Crippen molar-refractivity contribution in [1.82, 2.24) is 9.55 Å². The maximum Gasteiger partial charge on any atom is 0.514 e. The lowest BCUT2D eigenvalue weighted by Crippen LogP contribution is -2.42. The van der Waals surface area contributed by atoms with Gasteiger partial charge in [0.15, 0.2) is 5.60 Å². The molecule has 0 saturated heterocycles. The van der Waals surface area contributed by atoms with E-state index < -0.39 is 23.3 Å². The number of hydrogen-bond donors (Lipinski definition) is 1. The fraction of sp³-hybridized carbons (Fsp3) is 0.385. The highest BCUT2D eigenvalue weighted by molar-refractivity contribution is 5.90. The summed E-state index contributed by atoms with van der Waals surface area (Å²) in [5.74, 6) is -0.455. The zero-order valence-electron chi connectivity index (χ0n) is 20.2. The van der Waals surface area contributed by atoms with E-state index in [4.69, 9.17) is 19.2 Å². The molecule has 1 atom stereocenters. The third-order valence-electron chi connectivity index (χ3n) is 6.35. The number of aliphatic hydroxyl groups is 1. The van der Waals surface area contributed by atoms with Gasteiger partial charge in [-0.15, -0.1) is 0 Å². The largest absolute Gasteiger partial charge is 0.514 e. The molecule has 5 rings (SSSR count). The molecule has 1 N–H and O–H groups in total. The first kappa shape index (κ1) is 23.0. The average molecular weight is 479 g/mol. The number of fused-ring (bicyclic) bond motifs is 5. The second kappa shape index (κ2) is 7.64. The van der Waals surface area contributed by atoms with E-state index in [1.807, 2.05) is 6.92 Å². The molecule has 0 spiro atoms. The molecular weight excluding hydrogens is 452 g/mol. The van der Waals surface area contributed by atoms with Crippen LogP contribution in [0.2, 0.25) is 0 Å². The van der Waals surface area contributed by atoms with Crippen molar-refractivity contribution >= 4 is 23.0 Å². The third kappa shape index (κ3) is 3.67. The Kier molecular flexibility index (Phi) is 5.03. The van der Waals surface area contributed by atoms with Gasteiger partial charge in [-0.2, -0.15) is 0 Å². The van der Waals surface area contributed by atoms with Crippen molar-refractivity contribution in [2.75, 3.05) is 0 Å². The minimum absolute atomic E-state index is 0.179. The molecule has 2 aliphatic rings. The van der Waals surface area contributed by atoms with Gasteiger partial charge in [-0.05, 0) is 63.9 Å². The Bertz CT molecular complexity index is 1480. The van der Waals surface area contributed by atoms with E-state index in [-0.39, 0.29) is 23.3 Å². The maximum atomic E-state index is 13.3. The molecule has 0 saturated carbocycles. The zero-order valence-corrected chi connectivity index (χ0v) is 20.2. The monoisotopic (exact) mass is 478 g/mol. The number of nitrogens with zero attached hydrogens (tertiary/aromatic N) is 2. The third-order valence-corrected chi connectivity index (χ3v) is 6.35. The number of carbonyl (C=O) groups is 2. The standard InChI is InChI=1S/C26H26N2O7/c1-6-14-15-9-13(34-24(31)35-25(2,3)4)7-8-19(15)27-21-16(14)11-28-20(21)10-18-17(22(28)29)12-33-23(30)26(18,5)32/h7-10,32H,6,11-12H2,1-5H3/t26-/m0/s1. The Hall–Kier alpha value is -3.72. The second-order valence-electron chi connectivity index (χ2n) is 9.98. The van der Waals surface area contributed by atoms with Crippen LogP contribution < -0.4 is 10.3 Å².